The van der Waals surface area contributed by atoms with Gasteiger partial charge in [-0.25, -0.2) is 4.98 Å². The standard InChI is InChI=1S/C32H30N4O3/c1-21-6-4-7-23(16-21)20-35-32(37)26-8-5-14-34-31(26)36-25-11-9-22(10-12-25)17-24-13-15-33-28-19-30(39-3)29(38-2)18-27(24)28/h4-16,18-19H,17,20H2,1-3H3,(H,34,36)(H,35,37). The van der Waals surface area contributed by atoms with Crippen LogP contribution in [0.25, 0.3) is 10.9 Å². The largest absolute Gasteiger partial charge is 0.493 e. The van der Waals surface area contributed by atoms with Crippen LogP contribution in [0.5, 0.6) is 11.5 Å². The molecule has 0 aliphatic heterocycles. The second kappa shape index (κ2) is 11.6. The van der Waals surface area contributed by atoms with Crippen molar-refractivity contribution >= 4 is 28.3 Å². The number of fused-ring (bicyclic) bond motifs is 1. The van der Waals surface area contributed by atoms with Gasteiger partial charge in [0.15, 0.2) is 11.5 Å². The second-order valence-corrected chi connectivity index (χ2v) is 9.26. The summed E-state index contributed by atoms with van der Waals surface area (Å²) in [6, 6.07) is 25.6. The highest BCUT2D eigenvalue weighted by Gasteiger charge is 2.13. The first-order valence-corrected chi connectivity index (χ1v) is 12.7. The number of rotatable bonds is 9. The summed E-state index contributed by atoms with van der Waals surface area (Å²) < 4.78 is 10.9. The van der Waals surface area contributed by atoms with Crippen LogP contribution in [-0.2, 0) is 13.0 Å². The highest BCUT2D eigenvalue weighted by molar-refractivity contribution is 5.99. The van der Waals surface area contributed by atoms with E-state index in [4.69, 9.17) is 9.47 Å². The Hall–Kier alpha value is -4.91. The van der Waals surface area contributed by atoms with Crippen molar-refractivity contribution in [3.63, 3.8) is 0 Å². The average molecular weight is 519 g/mol. The third-order valence-electron chi connectivity index (χ3n) is 6.54. The topological polar surface area (TPSA) is 85.4 Å². The van der Waals surface area contributed by atoms with Crippen LogP contribution in [0.1, 0.15) is 32.6 Å². The molecular weight excluding hydrogens is 488 g/mol. The molecule has 0 atom stereocenters. The summed E-state index contributed by atoms with van der Waals surface area (Å²) in [5, 5.41) is 7.31. The number of ether oxygens (including phenoxy) is 2. The molecule has 39 heavy (non-hydrogen) atoms. The maximum Gasteiger partial charge on any atom is 0.255 e. The summed E-state index contributed by atoms with van der Waals surface area (Å²) in [6.07, 6.45) is 4.21. The van der Waals surface area contributed by atoms with Crippen molar-refractivity contribution in [2.75, 3.05) is 19.5 Å². The van der Waals surface area contributed by atoms with E-state index in [1.165, 1.54) is 0 Å². The molecule has 7 heteroatoms. The number of aromatic nitrogens is 2. The molecule has 0 saturated carbocycles. The van der Waals surface area contributed by atoms with Crippen LogP contribution in [0.3, 0.4) is 0 Å². The van der Waals surface area contributed by atoms with Gasteiger partial charge in [0, 0.05) is 36.1 Å². The highest BCUT2D eigenvalue weighted by atomic mass is 16.5. The number of anilines is 2. The van der Waals surface area contributed by atoms with Gasteiger partial charge in [-0.1, -0.05) is 42.0 Å². The Bertz CT molecular complexity index is 1620. The Morgan fingerprint density at radius 2 is 1.62 bits per heavy atom. The quantitative estimate of drug-likeness (QED) is 0.241. The molecule has 0 saturated heterocycles. The number of carbonyl (C=O) groups is 1. The zero-order valence-electron chi connectivity index (χ0n) is 22.2. The first kappa shape index (κ1) is 25.7. The first-order chi connectivity index (χ1) is 19.0. The van der Waals surface area contributed by atoms with E-state index in [1.807, 2.05) is 61.7 Å². The Balaban J connectivity index is 1.30. The molecule has 0 aliphatic rings. The fourth-order valence-corrected chi connectivity index (χ4v) is 4.53. The smallest absolute Gasteiger partial charge is 0.255 e. The molecule has 2 aromatic heterocycles. The van der Waals surface area contributed by atoms with Crippen LogP contribution in [0.15, 0.2) is 91.3 Å². The number of amides is 1. The number of methoxy groups -OCH3 is 2. The van der Waals surface area contributed by atoms with E-state index in [0.717, 1.165) is 45.3 Å². The van der Waals surface area contributed by atoms with Gasteiger partial charge in [-0.3, -0.25) is 9.78 Å². The van der Waals surface area contributed by atoms with Crippen molar-refractivity contribution in [2.24, 2.45) is 0 Å². The number of aryl methyl sites for hydroxylation is 1. The maximum atomic E-state index is 13.0. The Labute approximate surface area is 227 Å². The first-order valence-electron chi connectivity index (χ1n) is 12.7. The fourth-order valence-electron chi connectivity index (χ4n) is 4.53. The zero-order valence-corrected chi connectivity index (χ0v) is 22.2. The van der Waals surface area contributed by atoms with Crippen LogP contribution in [0, 0.1) is 6.92 Å². The summed E-state index contributed by atoms with van der Waals surface area (Å²) in [5.41, 5.74) is 6.67. The molecule has 5 aromatic rings. The third kappa shape index (κ3) is 5.99. The lowest BCUT2D eigenvalue weighted by Crippen LogP contribution is -2.24. The van der Waals surface area contributed by atoms with Gasteiger partial charge in [0.1, 0.15) is 5.82 Å². The number of hydrogen-bond donors (Lipinski definition) is 2. The molecule has 7 nitrogen and oxygen atoms in total. The lowest BCUT2D eigenvalue weighted by atomic mass is 10.0. The SMILES string of the molecule is COc1cc2nccc(Cc3ccc(Nc4ncccc4C(=O)NCc4cccc(C)c4)cc3)c2cc1OC. The van der Waals surface area contributed by atoms with Gasteiger partial charge >= 0.3 is 0 Å². The molecule has 2 N–H and O–H groups in total. The van der Waals surface area contributed by atoms with Crippen LogP contribution >= 0.6 is 0 Å². The van der Waals surface area contributed by atoms with E-state index in [2.05, 4.69) is 38.8 Å². The third-order valence-corrected chi connectivity index (χ3v) is 6.54. The monoisotopic (exact) mass is 518 g/mol. The van der Waals surface area contributed by atoms with Crippen molar-refractivity contribution in [1.29, 1.82) is 0 Å². The molecular formula is C32H30N4O3. The van der Waals surface area contributed by atoms with Crippen molar-refractivity contribution in [2.45, 2.75) is 19.9 Å². The summed E-state index contributed by atoms with van der Waals surface area (Å²) in [7, 11) is 3.25. The van der Waals surface area contributed by atoms with Crippen LogP contribution < -0.4 is 20.1 Å². The number of benzene rings is 3. The van der Waals surface area contributed by atoms with E-state index < -0.39 is 0 Å². The number of pyridine rings is 2. The molecule has 0 radical (unpaired) electrons. The number of nitrogens with zero attached hydrogens (tertiary/aromatic N) is 2. The van der Waals surface area contributed by atoms with Gasteiger partial charge in [-0.15, -0.1) is 0 Å². The molecule has 0 spiro atoms. The second-order valence-electron chi connectivity index (χ2n) is 9.26. The lowest BCUT2D eigenvalue weighted by molar-refractivity contribution is 0.0951. The predicted molar refractivity (Wildman–Crippen MR) is 154 cm³/mol. The van der Waals surface area contributed by atoms with E-state index in [0.29, 0.717) is 29.4 Å². The Kier molecular flexibility index (Phi) is 7.68. The molecule has 5 rings (SSSR count). The van der Waals surface area contributed by atoms with Crippen LogP contribution in [0.4, 0.5) is 11.5 Å². The lowest BCUT2D eigenvalue weighted by Gasteiger charge is -2.13. The minimum absolute atomic E-state index is 0.180. The van der Waals surface area contributed by atoms with E-state index in [-0.39, 0.29) is 5.91 Å². The van der Waals surface area contributed by atoms with Gasteiger partial charge in [-0.2, -0.15) is 0 Å². The van der Waals surface area contributed by atoms with Gasteiger partial charge in [0.05, 0.1) is 25.3 Å². The molecule has 0 aliphatic carbocycles. The summed E-state index contributed by atoms with van der Waals surface area (Å²) in [4.78, 5) is 21.9. The zero-order chi connectivity index (χ0) is 27.2. The van der Waals surface area contributed by atoms with Gasteiger partial charge < -0.3 is 20.1 Å². The molecule has 3 aromatic carbocycles. The van der Waals surface area contributed by atoms with Crippen LogP contribution in [0.2, 0.25) is 0 Å². The van der Waals surface area contributed by atoms with Crippen molar-refractivity contribution in [3.05, 3.63) is 119 Å². The molecule has 0 bridgehead atoms. The molecule has 196 valence electrons. The maximum absolute atomic E-state index is 13.0. The van der Waals surface area contributed by atoms with Crippen molar-refractivity contribution < 1.29 is 14.3 Å². The van der Waals surface area contributed by atoms with Gasteiger partial charge in [0.25, 0.3) is 5.91 Å². The molecule has 0 unspecified atom stereocenters. The minimum Gasteiger partial charge on any atom is -0.493 e. The van der Waals surface area contributed by atoms with Crippen LogP contribution in [-0.4, -0.2) is 30.1 Å². The highest BCUT2D eigenvalue weighted by Crippen LogP contribution is 2.33. The van der Waals surface area contributed by atoms with Crippen molar-refractivity contribution in [1.82, 2.24) is 15.3 Å². The average Bonchev–Trinajstić information content (AvgIpc) is 2.96. The van der Waals surface area contributed by atoms with Crippen molar-refractivity contribution in [3.8, 4) is 11.5 Å². The normalized spacial score (nSPS) is 10.7. The summed E-state index contributed by atoms with van der Waals surface area (Å²) in [5.74, 6) is 1.66. The number of hydrogen-bond acceptors (Lipinski definition) is 6. The molecule has 0 fully saturated rings. The molecule has 2 heterocycles. The Morgan fingerprint density at radius 3 is 2.38 bits per heavy atom. The summed E-state index contributed by atoms with van der Waals surface area (Å²) in [6.45, 7) is 2.49. The number of carbonyl (C=O) groups excluding carboxylic acids is 1. The molecule has 1 amide bonds. The number of nitrogens with one attached hydrogen (secondary N) is 2. The Morgan fingerprint density at radius 1 is 0.821 bits per heavy atom. The van der Waals surface area contributed by atoms with Gasteiger partial charge in [0.2, 0.25) is 0 Å². The summed E-state index contributed by atoms with van der Waals surface area (Å²) >= 11 is 0. The van der Waals surface area contributed by atoms with Gasteiger partial charge in [-0.05, 0) is 66.4 Å². The van der Waals surface area contributed by atoms with E-state index >= 15 is 0 Å². The fraction of sp³-hybridized carbons (Fsp3) is 0.156. The van der Waals surface area contributed by atoms with E-state index in [9.17, 15) is 4.79 Å². The minimum atomic E-state index is -0.180. The van der Waals surface area contributed by atoms with E-state index in [1.54, 1.807) is 32.5 Å². The predicted octanol–water partition coefficient (Wildman–Crippen LogP) is 6.22.